The Balaban J connectivity index is 1.83. The van der Waals surface area contributed by atoms with Crippen molar-refractivity contribution in [2.45, 2.75) is 29.8 Å². The van der Waals surface area contributed by atoms with Crippen LogP contribution in [0, 0.1) is 0 Å². The van der Waals surface area contributed by atoms with Gasteiger partial charge >= 0.3 is 12.1 Å². The van der Waals surface area contributed by atoms with Crippen molar-refractivity contribution in [2.75, 3.05) is 6.61 Å². The zero-order valence-electron chi connectivity index (χ0n) is 15.7. The molecule has 2 aromatic carbocycles. The highest BCUT2D eigenvalue weighted by Gasteiger charge is 2.32. The van der Waals surface area contributed by atoms with Crippen molar-refractivity contribution in [1.29, 1.82) is 0 Å². The van der Waals surface area contributed by atoms with Crippen LogP contribution in [0.5, 0.6) is 5.75 Å². The van der Waals surface area contributed by atoms with Gasteiger partial charge in [0.1, 0.15) is 5.75 Å². The molecule has 1 aliphatic heterocycles. The van der Waals surface area contributed by atoms with Crippen LogP contribution >= 0.6 is 11.8 Å². The first-order valence-corrected chi connectivity index (χ1v) is 9.99. The van der Waals surface area contributed by atoms with E-state index >= 15 is 0 Å². The largest absolute Gasteiger partial charge is 0.506 e. The summed E-state index contributed by atoms with van der Waals surface area (Å²) in [6.07, 6.45) is -4.43. The number of alkyl halides is 3. The minimum atomic E-state index is -4.43. The number of pyridine rings is 1. The zero-order chi connectivity index (χ0) is 21.6. The molecular formula is C21H16F3NO4S. The first-order chi connectivity index (χ1) is 14.2. The lowest BCUT2D eigenvalue weighted by atomic mass is 10.1. The maximum atomic E-state index is 13.0. The van der Waals surface area contributed by atoms with Gasteiger partial charge < -0.3 is 14.4 Å². The standard InChI is InChI=1S/C21H16F3NO4S/c1-2-29-20(28)16-18(26)13-4-3-5-14-17(13)25(19(16)27)10-15(30-14)11-6-8-12(9-7-11)21(22,23)24/h3-9,15,26H,2,10H2,1H3. The number of nitrogens with zero attached hydrogens (tertiary/aromatic N) is 1. The molecule has 1 atom stereocenters. The summed E-state index contributed by atoms with van der Waals surface area (Å²) in [5, 5.41) is 10.6. The minimum Gasteiger partial charge on any atom is -0.506 e. The van der Waals surface area contributed by atoms with Crippen LogP contribution in [-0.4, -0.2) is 22.2 Å². The molecule has 0 aliphatic carbocycles. The molecule has 0 saturated carbocycles. The summed E-state index contributed by atoms with van der Waals surface area (Å²) in [7, 11) is 0. The number of hydrogen-bond donors (Lipinski definition) is 1. The maximum Gasteiger partial charge on any atom is 0.416 e. The molecular weight excluding hydrogens is 419 g/mol. The molecule has 1 aromatic heterocycles. The van der Waals surface area contributed by atoms with Crippen molar-refractivity contribution < 1.29 is 27.8 Å². The van der Waals surface area contributed by atoms with Crippen molar-refractivity contribution in [3.05, 3.63) is 69.5 Å². The molecule has 1 unspecified atom stereocenters. The summed E-state index contributed by atoms with van der Waals surface area (Å²) in [5.74, 6) is -1.35. The summed E-state index contributed by atoms with van der Waals surface area (Å²) in [4.78, 5) is 26.0. The van der Waals surface area contributed by atoms with Gasteiger partial charge in [0.15, 0.2) is 5.56 Å². The van der Waals surface area contributed by atoms with E-state index < -0.39 is 34.6 Å². The van der Waals surface area contributed by atoms with Crippen molar-refractivity contribution in [3.63, 3.8) is 0 Å². The molecule has 0 fully saturated rings. The van der Waals surface area contributed by atoms with Crippen LogP contribution in [0.25, 0.3) is 10.9 Å². The smallest absolute Gasteiger partial charge is 0.416 e. The number of carbonyl (C=O) groups excluding carboxylic acids is 1. The minimum absolute atomic E-state index is 0.0415. The van der Waals surface area contributed by atoms with Crippen LogP contribution in [0.2, 0.25) is 0 Å². The highest BCUT2D eigenvalue weighted by atomic mass is 32.2. The Morgan fingerprint density at radius 2 is 1.93 bits per heavy atom. The predicted octanol–water partition coefficient (Wildman–Crippen LogP) is 4.75. The number of halogens is 3. The molecule has 0 amide bonds. The van der Waals surface area contributed by atoms with Crippen molar-refractivity contribution in [1.82, 2.24) is 4.57 Å². The molecule has 0 bridgehead atoms. The molecule has 156 valence electrons. The molecule has 30 heavy (non-hydrogen) atoms. The van der Waals surface area contributed by atoms with E-state index in [0.717, 1.165) is 12.1 Å². The van der Waals surface area contributed by atoms with E-state index in [1.165, 1.54) is 28.5 Å². The van der Waals surface area contributed by atoms with Crippen LogP contribution in [-0.2, 0) is 17.5 Å². The van der Waals surface area contributed by atoms with Crippen molar-refractivity contribution >= 4 is 28.6 Å². The van der Waals surface area contributed by atoms with Crippen LogP contribution in [0.15, 0.2) is 52.2 Å². The van der Waals surface area contributed by atoms with Crippen molar-refractivity contribution in [2.24, 2.45) is 0 Å². The number of carbonyl (C=O) groups is 1. The maximum absolute atomic E-state index is 13.0. The summed E-state index contributed by atoms with van der Waals surface area (Å²) in [6.45, 7) is 1.77. The second kappa shape index (κ2) is 7.39. The SMILES string of the molecule is CCOC(=O)c1c(O)c2cccc3c2n(c1=O)CC(c1ccc(C(F)(F)F)cc1)S3. The lowest BCUT2D eigenvalue weighted by Gasteiger charge is -2.27. The normalized spacial score (nSPS) is 15.9. The Morgan fingerprint density at radius 3 is 2.57 bits per heavy atom. The van der Waals surface area contributed by atoms with Crippen LogP contribution < -0.4 is 5.56 Å². The number of aromatic nitrogens is 1. The Hall–Kier alpha value is -2.94. The van der Waals surface area contributed by atoms with Crippen LogP contribution in [0.4, 0.5) is 13.2 Å². The molecule has 3 aromatic rings. The van der Waals surface area contributed by atoms with Crippen LogP contribution in [0.1, 0.15) is 33.7 Å². The molecule has 9 heteroatoms. The number of benzene rings is 2. The predicted molar refractivity (Wildman–Crippen MR) is 106 cm³/mol. The number of hydrogen-bond acceptors (Lipinski definition) is 5. The van der Waals surface area contributed by atoms with E-state index in [-0.39, 0.29) is 18.4 Å². The lowest BCUT2D eigenvalue weighted by molar-refractivity contribution is -0.137. The third kappa shape index (κ3) is 3.32. The van der Waals surface area contributed by atoms with Gasteiger partial charge in [-0.15, -0.1) is 11.8 Å². The monoisotopic (exact) mass is 435 g/mol. The second-order valence-corrected chi connectivity index (χ2v) is 7.98. The van der Waals surface area contributed by atoms with Gasteiger partial charge in [0.25, 0.3) is 5.56 Å². The van der Waals surface area contributed by atoms with Gasteiger partial charge in [-0.2, -0.15) is 13.2 Å². The Bertz CT molecular complexity index is 1200. The zero-order valence-corrected chi connectivity index (χ0v) is 16.5. The number of ether oxygens (including phenoxy) is 1. The average molecular weight is 435 g/mol. The first-order valence-electron chi connectivity index (χ1n) is 9.11. The van der Waals surface area contributed by atoms with E-state index in [0.29, 0.717) is 21.4 Å². The molecule has 1 N–H and O–H groups in total. The van der Waals surface area contributed by atoms with Crippen LogP contribution in [0.3, 0.4) is 0 Å². The van der Waals surface area contributed by atoms with E-state index in [1.54, 1.807) is 25.1 Å². The molecule has 4 rings (SSSR count). The van der Waals surface area contributed by atoms with Crippen molar-refractivity contribution in [3.8, 4) is 5.75 Å². The highest BCUT2D eigenvalue weighted by Crippen LogP contribution is 2.45. The fourth-order valence-electron chi connectivity index (χ4n) is 3.54. The van der Waals surface area contributed by atoms with Gasteiger partial charge in [0.2, 0.25) is 0 Å². The fraction of sp³-hybridized carbons (Fsp3) is 0.238. The molecule has 0 spiro atoms. The van der Waals surface area contributed by atoms with E-state index in [2.05, 4.69) is 0 Å². The quantitative estimate of drug-likeness (QED) is 0.602. The van der Waals surface area contributed by atoms with Gasteiger partial charge in [-0.3, -0.25) is 4.79 Å². The number of rotatable bonds is 3. The molecule has 1 aliphatic rings. The Labute approximate surface area is 173 Å². The number of esters is 1. The lowest BCUT2D eigenvalue weighted by Crippen LogP contribution is -2.31. The number of thioether (sulfide) groups is 1. The van der Waals surface area contributed by atoms with E-state index in [4.69, 9.17) is 4.74 Å². The Morgan fingerprint density at radius 1 is 1.23 bits per heavy atom. The second-order valence-electron chi connectivity index (χ2n) is 6.74. The summed E-state index contributed by atoms with van der Waals surface area (Å²) in [5.41, 5.74) is -0.779. The average Bonchev–Trinajstić information content (AvgIpc) is 2.71. The first kappa shape index (κ1) is 20.3. The van der Waals surface area contributed by atoms with Gasteiger partial charge in [0, 0.05) is 16.8 Å². The van der Waals surface area contributed by atoms with Gasteiger partial charge in [0.05, 0.1) is 22.9 Å². The number of aromatic hydroxyl groups is 1. The summed E-state index contributed by atoms with van der Waals surface area (Å²) in [6, 6.07) is 9.86. The molecule has 2 heterocycles. The van der Waals surface area contributed by atoms with E-state index in [1.807, 2.05) is 0 Å². The molecule has 0 saturated heterocycles. The van der Waals surface area contributed by atoms with Gasteiger partial charge in [-0.25, -0.2) is 4.79 Å². The highest BCUT2D eigenvalue weighted by molar-refractivity contribution is 7.99. The summed E-state index contributed by atoms with van der Waals surface area (Å²) < 4.78 is 44.9. The van der Waals surface area contributed by atoms with Gasteiger partial charge in [-0.05, 0) is 36.8 Å². The number of para-hydroxylation sites is 1. The van der Waals surface area contributed by atoms with E-state index in [9.17, 15) is 27.9 Å². The third-order valence-electron chi connectivity index (χ3n) is 4.93. The van der Waals surface area contributed by atoms with Gasteiger partial charge in [-0.1, -0.05) is 18.2 Å². The topological polar surface area (TPSA) is 68.5 Å². The Kier molecular flexibility index (Phi) is 5.01. The third-order valence-corrected chi connectivity index (χ3v) is 6.22. The summed E-state index contributed by atoms with van der Waals surface area (Å²) >= 11 is 1.39. The fourth-order valence-corrected chi connectivity index (χ4v) is 4.85. The molecule has 0 radical (unpaired) electrons. The molecule has 5 nitrogen and oxygen atoms in total.